The molecule has 0 aliphatic heterocycles. The van der Waals surface area contributed by atoms with Crippen LogP contribution in [0.15, 0.2) is 34.1 Å². The number of rotatable bonds is 17. The maximum atomic E-state index is 13.2. The molecule has 0 fully saturated rings. The summed E-state index contributed by atoms with van der Waals surface area (Å²) < 4.78 is -0.113. The van der Waals surface area contributed by atoms with Crippen molar-refractivity contribution in [1.29, 1.82) is 0 Å². The highest BCUT2D eigenvalue weighted by Gasteiger charge is 2.34. The predicted molar refractivity (Wildman–Crippen MR) is 152 cm³/mol. The van der Waals surface area contributed by atoms with E-state index in [2.05, 4.69) is 27.7 Å². The van der Waals surface area contributed by atoms with Crippen LogP contribution in [0.25, 0.3) is 0 Å². The molecule has 0 unspecified atom stereocenters. The van der Waals surface area contributed by atoms with Gasteiger partial charge in [-0.25, -0.2) is 0 Å². The lowest BCUT2D eigenvalue weighted by molar-refractivity contribution is 0.0988. The summed E-state index contributed by atoms with van der Waals surface area (Å²) in [4.78, 5) is 27.7. The summed E-state index contributed by atoms with van der Waals surface area (Å²) in [7, 11) is 0. The Kier molecular flexibility index (Phi) is 13.7. The van der Waals surface area contributed by atoms with E-state index >= 15 is 0 Å². The van der Waals surface area contributed by atoms with Crippen LogP contribution < -0.4 is 0 Å². The number of thioether (sulfide) groups is 2. The molecule has 1 aromatic carbocycles. The van der Waals surface area contributed by atoms with Crippen molar-refractivity contribution in [3.05, 3.63) is 45.2 Å². The fourth-order valence-corrected chi connectivity index (χ4v) is 6.65. The van der Waals surface area contributed by atoms with E-state index in [0.717, 1.165) is 12.2 Å². The van der Waals surface area contributed by atoms with Gasteiger partial charge >= 0.3 is 0 Å². The van der Waals surface area contributed by atoms with Crippen LogP contribution in [0, 0.1) is 0 Å². The van der Waals surface area contributed by atoms with Crippen LogP contribution >= 0.6 is 23.5 Å². The van der Waals surface area contributed by atoms with Crippen LogP contribution in [0.4, 0.5) is 0 Å². The Morgan fingerprint density at radius 2 is 1.03 bits per heavy atom. The molecule has 1 aliphatic carbocycles. The monoisotopic (exact) mass is 502 g/mol. The van der Waals surface area contributed by atoms with Crippen LogP contribution in [-0.2, 0) is 0 Å². The van der Waals surface area contributed by atoms with Crippen LogP contribution in [0.1, 0.15) is 138 Å². The normalized spacial score (nSPS) is 14.1. The Bertz CT molecular complexity index is 804. The first kappa shape index (κ1) is 29.2. The van der Waals surface area contributed by atoms with Gasteiger partial charge in [0.05, 0.1) is 9.81 Å². The molecule has 190 valence electrons. The van der Waals surface area contributed by atoms with Crippen molar-refractivity contribution in [3.63, 3.8) is 0 Å². The Morgan fingerprint density at radius 1 is 0.618 bits per heavy atom. The van der Waals surface area contributed by atoms with Crippen molar-refractivity contribution in [3.8, 4) is 0 Å². The van der Waals surface area contributed by atoms with Gasteiger partial charge in [0.25, 0.3) is 0 Å². The van der Waals surface area contributed by atoms with Crippen molar-refractivity contribution >= 4 is 35.1 Å². The molecule has 0 atom stereocenters. The smallest absolute Gasteiger partial charge is 0.201 e. The molecule has 0 heterocycles. The fraction of sp³-hybridized carbons (Fsp3) is 0.667. The lowest BCUT2D eigenvalue weighted by Gasteiger charge is -2.25. The van der Waals surface area contributed by atoms with Gasteiger partial charge in [0.1, 0.15) is 0 Å². The zero-order valence-corrected chi connectivity index (χ0v) is 23.7. The molecular weight excluding hydrogens is 456 g/mol. The van der Waals surface area contributed by atoms with Gasteiger partial charge in [0.2, 0.25) is 11.6 Å². The zero-order valence-electron chi connectivity index (χ0n) is 22.0. The van der Waals surface area contributed by atoms with Gasteiger partial charge in [-0.05, 0) is 12.2 Å². The molecule has 2 nitrogen and oxygen atoms in total. The van der Waals surface area contributed by atoms with Gasteiger partial charge in [0.15, 0.2) is 0 Å². The molecule has 1 aromatic rings. The van der Waals surface area contributed by atoms with Crippen molar-refractivity contribution in [1.82, 2.24) is 0 Å². The highest BCUT2D eigenvalue weighted by Crippen LogP contribution is 2.43. The predicted octanol–water partition coefficient (Wildman–Crippen LogP) is 10.0. The van der Waals surface area contributed by atoms with Gasteiger partial charge in [-0.15, -0.1) is 23.5 Å². The Morgan fingerprint density at radius 3 is 1.47 bits per heavy atom. The third-order valence-corrected chi connectivity index (χ3v) is 8.69. The molecule has 0 radical (unpaired) electrons. The maximum Gasteiger partial charge on any atom is 0.201 e. The van der Waals surface area contributed by atoms with Crippen LogP contribution in [0.3, 0.4) is 0 Å². The van der Waals surface area contributed by atoms with Crippen molar-refractivity contribution in [2.45, 2.75) is 122 Å². The highest BCUT2D eigenvalue weighted by molar-refractivity contribution is 8.08. The van der Waals surface area contributed by atoms with Crippen molar-refractivity contribution < 1.29 is 9.59 Å². The molecule has 1 aliphatic rings. The number of allylic oxidation sites excluding steroid dienone is 2. The molecule has 34 heavy (non-hydrogen) atoms. The first-order valence-electron chi connectivity index (χ1n) is 13.6. The number of fused-ring (bicyclic) bond motifs is 1. The summed E-state index contributed by atoms with van der Waals surface area (Å²) in [6.45, 7) is 8.56. The number of carbonyl (C=O) groups excluding carboxylic acids is 2. The van der Waals surface area contributed by atoms with E-state index in [-0.39, 0.29) is 16.3 Å². The van der Waals surface area contributed by atoms with Gasteiger partial charge in [-0.3, -0.25) is 9.59 Å². The summed E-state index contributed by atoms with van der Waals surface area (Å²) in [5.74, 6) is 0.943. The summed E-state index contributed by atoms with van der Waals surface area (Å²) in [6.07, 6.45) is 18.8. The van der Waals surface area contributed by atoms with Gasteiger partial charge in [-0.1, -0.05) is 135 Å². The van der Waals surface area contributed by atoms with E-state index in [9.17, 15) is 9.59 Å². The second-order valence-electron chi connectivity index (χ2n) is 10.5. The molecule has 2 rings (SSSR count). The molecule has 0 saturated carbocycles. The molecule has 0 spiro atoms. The molecule has 0 saturated heterocycles. The molecule has 0 aromatic heterocycles. The SMILES string of the molecule is CCCCCCCCCCCCCCCCSC1=C(SC(C)(C)C)C(=O)c2ccccc2C1=O. The summed E-state index contributed by atoms with van der Waals surface area (Å²) in [5.41, 5.74) is 1.12. The van der Waals surface area contributed by atoms with Gasteiger partial charge < -0.3 is 0 Å². The van der Waals surface area contributed by atoms with Gasteiger partial charge in [-0.2, -0.15) is 0 Å². The Hall–Kier alpha value is -1.00. The third kappa shape index (κ3) is 10.3. The highest BCUT2D eigenvalue weighted by atomic mass is 32.2. The Balaban J connectivity index is 1.67. The summed E-state index contributed by atoms with van der Waals surface area (Å²) in [5, 5.41) is 0. The fourth-order valence-electron chi connectivity index (χ4n) is 4.33. The topological polar surface area (TPSA) is 34.1 Å². The first-order valence-corrected chi connectivity index (χ1v) is 15.4. The number of hydrogen-bond donors (Lipinski definition) is 0. The second kappa shape index (κ2) is 15.9. The van der Waals surface area contributed by atoms with E-state index in [1.165, 1.54) is 95.2 Å². The van der Waals surface area contributed by atoms with Crippen LogP contribution in [0.5, 0.6) is 0 Å². The summed E-state index contributed by atoms with van der Waals surface area (Å²) >= 11 is 3.13. The average molecular weight is 503 g/mol. The Labute approximate surface area is 217 Å². The van der Waals surface area contributed by atoms with Crippen LogP contribution in [-0.4, -0.2) is 22.1 Å². The van der Waals surface area contributed by atoms with E-state index in [0.29, 0.717) is 20.9 Å². The van der Waals surface area contributed by atoms with E-state index in [1.807, 2.05) is 12.1 Å². The van der Waals surface area contributed by atoms with Gasteiger partial charge in [0, 0.05) is 15.9 Å². The second-order valence-corrected chi connectivity index (χ2v) is 13.5. The van der Waals surface area contributed by atoms with E-state index < -0.39 is 0 Å². The minimum absolute atomic E-state index is 0.0126. The number of benzene rings is 1. The van der Waals surface area contributed by atoms with E-state index in [4.69, 9.17) is 0 Å². The first-order chi connectivity index (χ1) is 16.3. The number of hydrogen-bond acceptors (Lipinski definition) is 4. The van der Waals surface area contributed by atoms with Crippen LogP contribution in [0.2, 0.25) is 0 Å². The van der Waals surface area contributed by atoms with Crippen molar-refractivity contribution in [2.24, 2.45) is 0 Å². The molecule has 0 bridgehead atoms. The number of carbonyl (C=O) groups is 2. The largest absolute Gasteiger partial charge is 0.288 e. The minimum Gasteiger partial charge on any atom is -0.288 e. The number of ketones is 2. The number of Topliss-reactive ketones (excluding diaryl/α,β-unsaturated/α-hetero) is 2. The van der Waals surface area contributed by atoms with E-state index in [1.54, 1.807) is 23.9 Å². The maximum absolute atomic E-state index is 13.2. The molecule has 0 amide bonds. The molecular formula is C30H46O2S2. The average Bonchev–Trinajstić information content (AvgIpc) is 2.80. The minimum atomic E-state index is -0.113. The lowest BCUT2D eigenvalue weighted by atomic mass is 9.94. The quantitative estimate of drug-likeness (QED) is 0.198. The summed E-state index contributed by atoms with van der Waals surface area (Å²) in [6, 6.07) is 7.27. The third-order valence-electron chi connectivity index (χ3n) is 6.19. The number of unbranched alkanes of at least 4 members (excludes halogenated alkanes) is 13. The molecule has 4 heteroatoms. The van der Waals surface area contributed by atoms with Crippen molar-refractivity contribution in [2.75, 3.05) is 5.75 Å². The lowest BCUT2D eigenvalue weighted by Crippen LogP contribution is -2.22. The molecule has 0 N–H and O–H groups in total. The standard InChI is InChI=1S/C30H46O2S2/c1-5-6-7-8-9-10-11-12-13-14-15-16-17-20-23-33-28-26(31)24-21-18-19-22-25(24)27(32)29(28)34-30(2,3)4/h18-19,21-22H,5-17,20,23H2,1-4H3. The zero-order chi connectivity index (χ0) is 24.8.